The molecule has 70 heavy (non-hydrogen) atoms. The van der Waals surface area contributed by atoms with E-state index < -0.39 is 0 Å². The molecule has 0 saturated carbocycles. The highest BCUT2D eigenvalue weighted by Gasteiger charge is 2.30. The summed E-state index contributed by atoms with van der Waals surface area (Å²) in [6.45, 7) is 14.4. The Kier molecular flexibility index (Phi) is 12.9. The average Bonchev–Trinajstić information content (AvgIpc) is 4.08. The Balaban J connectivity index is 0.832. The van der Waals surface area contributed by atoms with E-state index in [0.29, 0.717) is 145 Å². The van der Waals surface area contributed by atoms with Crippen LogP contribution in [0, 0.1) is 33.5 Å². The Hall–Kier alpha value is -7.64. The van der Waals surface area contributed by atoms with Crippen LogP contribution in [-0.4, -0.2) is 51.9 Å². The first-order valence-electron chi connectivity index (χ1n) is 23.3. The number of thiazole rings is 1. The van der Waals surface area contributed by atoms with Crippen LogP contribution in [0.15, 0.2) is 87.4 Å². The zero-order valence-electron chi connectivity index (χ0n) is 39.9. The van der Waals surface area contributed by atoms with Gasteiger partial charge in [-0.2, -0.15) is 0 Å². The van der Waals surface area contributed by atoms with Gasteiger partial charge in [0.15, 0.2) is 23.0 Å². The summed E-state index contributed by atoms with van der Waals surface area (Å²) in [6.07, 6.45) is 9.32. The van der Waals surface area contributed by atoms with Gasteiger partial charge in [0.05, 0.1) is 26.3 Å². The standard InChI is InChI=1S/C57H53FN4O7S/c1-28-29(2)53(64)38(30(3)52(28)63)13-10-16-51-62-45-21-18-36(26-48(45)70-51)24-42-34(7)55(66)40(32(5)57(42)68)12-9-15-50-61-44-20-17-35(25-47(44)69-50)23-41-33(6)54(65)39(31(4)56(41)67)11-8-14-49-59-43-22-19-37(58)27-46(43)60-49/h9,12-13,17-22,25-27,63-64,66,68H,1,8,10-11,14-16,23-24H2,2-7H3,(H,59,60)/b12-9+,38-13+. The number of fused-ring (bicyclic) bond motifs is 3. The highest BCUT2D eigenvalue weighted by Crippen LogP contribution is 2.40. The predicted octanol–water partition coefficient (Wildman–Crippen LogP) is 10.5. The Morgan fingerprint density at radius 1 is 0.714 bits per heavy atom. The molecule has 356 valence electrons. The van der Waals surface area contributed by atoms with Crippen LogP contribution in [0.3, 0.4) is 0 Å². The van der Waals surface area contributed by atoms with Crippen molar-refractivity contribution in [3.05, 3.63) is 160 Å². The van der Waals surface area contributed by atoms with Gasteiger partial charge in [-0.25, -0.2) is 19.3 Å². The molecule has 3 heterocycles. The first kappa shape index (κ1) is 47.4. The van der Waals surface area contributed by atoms with E-state index in [9.17, 15) is 34.4 Å². The van der Waals surface area contributed by atoms with Gasteiger partial charge in [-0.1, -0.05) is 36.9 Å². The first-order chi connectivity index (χ1) is 33.5. The van der Waals surface area contributed by atoms with Gasteiger partial charge in [0.1, 0.15) is 40.2 Å². The molecule has 0 bridgehead atoms. The number of aromatic amines is 1. The van der Waals surface area contributed by atoms with Crippen molar-refractivity contribution in [2.45, 2.75) is 92.9 Å². The highest BCUT2D eigenvalue weighted by atomic mass is 32.1. The van der Waals surface area contributed by atoms with E-state index in [0.717, 1.165) is 26.4 Å². The Labute approximate surface area is 407 Å². The number of carbonyl (C=O) groups excluding carboxylic acids is 2. The van der Waals surface area contributed by atoms with Crippen LogP contribution in [0.5, 0.6) is 23.0 Å². The maximum absolute atomic E-state index is 13.7. The lowest BCUT2D eigenvalue weighted by atomic mass is 9.81. The smallest absolute Gasteiger partial charge is 0.199 e. The number of allylic oxidation sites excluding steroid dienone is 5. The van der Waals surface area contributed by atoms with Crippen molar-refractivity contribution in [2.24, 2.45) is 0 Å². The number of hydrogen-bond acceptors (Lipinski definition) is 11. The second-order valence-electron chi connectivity index (χ2n) is 18.3. The number of nitrogens with one attached hydrogen (secondary N) is 1. The Bertz CT molecular complexity index is 3640. The summed E-state index contributed by atoms with van der Waals surface area (Å²) in [4.78, 5) is 44.4. The summed E-state index contributed by atoms with van der Waals surface area (Å²) >= 11 is 1.59. The lowest BCUT2D eigenvalue weighted by Crippen LogP contribution is -2.23. The van der Waals surface area contributed by atoms with Crippen LogP contribution in [-0.2, 0) is 41.7 Å². The molecule has 0 amide bonds. The number of phenolic OH excluding ortho intramolecular Hbond substituents is 4. The van der Waals surface area contributed by atoms with E-state index in [1.54, 1.807) is 65.0 Å². The summed E-state index contributed by atoms with van der Waals surface area (Å²) in [5.41, 5.74) is 10.4. The Morgan fingerprint density at radius 3 is 2.21 bits per heavy atom. The number of ketones is 2. The summed E-state index contributed by atoms with van der Waals surface area (Å²) in [5.74, 6) is 0.942. The van der Waals surface area contributed by atoms with Gasteiger partial charge in [0.25, 0.3) is 0 Å². The molecule has 0 fully saturated rings. The molecule has 0 unspecified atom stereocenters. The number of H-pyrrole nitrogens is 1. The van der Waals surface area contributed by atoms with E-state index in [-0.39, 0.29) is 46.8 Å². The summed E-state index contributed by atoms with van der Waals surface area (Å²) in [7, 11) is 0. The number of rotatable bonds is 14. The summed E-state index contributed by atoms with van der Waals surface area (Å²) in [6, 6.07) is 16.0. The zero-order valence-corrected chi connectivity index (χ0v) is 40.8. The van der Waals surface area contributed by atoms with Crippen molar-refractivity contribution in [1.82, 2.24) is 19.9 Å². The lowest BCUT2D eigenvalue weighted by molar-refractivity contribution is -0.116. The van der Waals surface area contributed by atoms with Gasteiger partial charge in [-0.05, 0) is 120 Å². The van der Waals surface area contributed by atoms with E-state index in [1.165, 1.54) is 12.1 Å². The third-order valence-corrected chi connectivity index (χ3v) is 14.8. The molecule has 1 aliphatic carbocycles. The van der Waals surface area contributed by atoms with Crippen LogP contribution >= 0.6 is 11.3 Å². The molecule has 13 heteroatoms. The molecule has 11 nitrogen and oxygen atoms in total. The van der Waals surface area contributed by atoms with E-state index in [4.69, 9.17) is 9.40 Å². The van der Waals surface area contributed by atoms with Crippen LogP contribution in [0.4, 0.5) is 4.39 Å². The monoisotopic (exact) mass is 956 g/mol. The maximum atomic E-state index is 13.7. The number of benzene rings is 5. The molecule has 3 aromatic heterocycles. The summed E-state index contributed by atoms with van der Waals surface area (Å²) < 4.78 is 20.8. The zero-order chi connectivity index (χ0) is 49.7. The molecule has 0 saturated heterocycles. The van der Waals surface area contributed by atoms with Crippen LogP contribution in [0.25, 0.3) is 51.1 Å². The molecule has 0 spiro atoms. The predicted molar refractivity (Wildman–Crippen MR) is 273 cm³/mol. The van der Waals surface area contributed by atoms with Crippen molar-refractivity contribution < 1.29 is 38.8 Å². The van der Waals surface area contributed by atoms with Crippen LogP contribution in [0.1, 0.15) is 94.3 Å². The number of hydrogen-bond donors (Lipinski definition) is 5. The fraction of sp³-hybridized carbons (Fsp3) is 0.246. The molecule has 0 atom stereocenters. The number of halogens is 1. The van der Waals surface area contributed by atoms with Crippen LogP contribution in [0.2, 0.25) is 0 Å². The number of carbonyl (C=O) groups is 2. The number of nitrogens with zero attached hydrogens (tertiary/aromatic N) is 3. The van der Waals surface area contributed by atoms with Crippen molar-refractivity contribution in [3.8, 4) is 23.0 Å². The molecule has 9 rings (SSSR count). The number of aromatic nitrogens is 4. The van der Waals surface area contributed by atoms with Gasteiger partial charge in [-0.3, -0.25) is 9.59 Å². The second kappa shape index (κ2) is 19.0. The van der Waals surface area contributed by atoms with Crippen molar-refractivity contribution in [3.63, 3.8) is 0 Å². The van der Waals surface area contributed by atoms with E-state index in [2.05, 4.69) is 27.6 Å². The molecule has 1 aliphatic rings. The van der Waals surface area contributed by atoms with Gasteiger partial charge < -0.3 is 29.8 Å². The minimum absolute atomic E-state index is 0.0785. The largest absolute Gasteiger partial charge is 0.507 e. The number of imidazole rings is 1. The SMILES string of the molecule is C=c1c(C)c(O)/c(=C/CCc2nc3ccc(Cc4c(C)c(O)c(/C=C/Cc5nc6ccc(CC7=C(C)C(=O)C(CCCc8nc9ccc(F)cc9[nH]8)=C(C)C7=O)cc6o5)c(C)c4O)cc3s2)c(C)c1O. The van der Waals surface area contributed by atoms with E-state index >= 15 is 0 Å². The molecule has 0 aliphatic heterocycles. The van der Waals surface area contributed by atoms with Crippen molar-refractivity contribution in [1.29, 1.82) is 0 Å². The quantitative estimate of drug-likeness (QED) is 0.0519. The molecule has 5 N–H and O–H groups in total. The van der Waals surface area contributed by atoms with Crippen molar-refractivity contribution in [2.75, 3.05) is 0 Å². The average molecular weight is 957 g/mol. The maximum Gasteiger partial charge on any atom is 0.199 e. The molecular weight excluding hydrogens is 904 g/mol. The number of phenols is 4. The summed E-state index contributed by atoms with van der Waals surface area (Å²) in [5, 5.41) is 46.1. The molecule has 0 radical (unpaired) electrons. The Morgan fingerprint density at radius 2 is 1.43 bits per heavy atom. The van der Waals surface area contributed by atoms with Crippen molar-refractivity contribution >= 4 is 74.0 Å². The topological polar surface area (TPSA) is 183 Å². The minimum Gasteiger partial charge on any atom is -0.507 e. The normalized spacial score (nSPS) is 13.8. The van der Waals surface area contributed by atoms with E-state index in [1.807, 2.05) is 42.5 Å². The van der Waals surface area contributed by atoms with Gasteiger partial charge in [-0.15, -0.1) is 11.3 Å². The van der Waals surface area contributed by atoms with Gasteiger partial charge in [0, 0.05) is 92.7 Å². The number of Topliss-reactive ketones (excluding diaryl/α,β-unsaturated/α-hetero) is 2. The van der Waals surface area contributed by atoms with Gasteiger partial charge in [0.2, 0.25) is 0 Å². The fourth-order valence-electron chi connectivity index (χ4n) is 9.42. The molecular formula is C57H53FN4O7S. The third kappa shape index (κ3) is 9.04. The second-order valence-corrected chi connectivity index (χ2v) is 19.4. The number of oxazole rings is 1. The van der Waals surface area contributed by atoms with Gasteiger partial charge >= 0.3 is 0 Å². The third-order valence-electron chi connectivity index (χ3n) is 13.7. The fourth-order valence-corrected chi connectivity index (χ4v) is 10.5. The first-order valence-corrected chi connectivity index (χ1v) is 24.1. The minimum atomic E-state index is -0.342. The number of aryl methyl sites for hydroxylation is 2. The van der Waals surface area contributed by atoms with Crippen LogP contribution < -0.4 is 10.4 Å². The number of aromatic hydroxyl groups is 4. The molecule has 5 aromatic carbocycles. The molecule has 8 aromatic rings. The lowest BCUT2D eigenvalue weighted by Gasteiger charge is -2.20. The highest BCUT2D eigenvalue weighted by molar-refractivity contribution is 7.18.